The summed E-state index contributed by atoms with van der Waals surface area (Å²) in [4.78, 5) is 25.3. The SMILES string of the molecule is CON1CCC2(CC1)C(O)=C(c1c(C)cc(C)cc1C)C(=O)N2OCC1CCOCC1. The number of aryl methyl sites for hydroxylation is 3. The number of hydrogen-bond acceptors (Lipinski definition) is 6. The van der Waals surface area contributed by atoms with Gasteiger partial charge in [0.1, 0.15) is 11.3 Å². The molecule has 3 heterocycles. The monoisotopic (exact) mass is 430 g/mol. The zero-order chi connectivity index (χ0) is 22.2. The minimum atomic E-state index is -0.851. The number of aliphatic hydroxyl groups excluding tert-OH is 1. The summed E-state index contributed by atoms with van der Waals surface area (Å²) in [5.41, 5.74) is 3.47. The first kappa shape index (κ1) is 22.3. The number of aliphatic hydroxyl groups is 1. The lowest BCUT2D eigenvalue weighted by atomic mass is 9.85. The second kappa shape index (κ2) is 8.90. The van der Waals surface area contributed by atoms with Crippen molar-refractivity contribution in [3.05, 3.63) is 40.1 Å². The van der Waals surface area contributed by atoms with E-state index in [4.69, 9.17) is 14.4 Å². The highest BCUT2D eigenvalue weighted by Gasteiger charge is 2.55. The van der Waals surface area contributed by atoms with Crippen LogP contribution >= 0.6 is 0 Å². The molecule has 0 saturated carbocycles. The Labute approximate surface area is 184 Å². The lowest BCUT2D eigenvalue weighted by molar-refractivity contribution is -0.238. The predicted molar refractivity (Wildman–Crippen MR) is 117 cm³/mol. The van der Waals surface area contributed by atoms with Gasteiger partial charge in [-0.25, -0.2) is 5.06 Å². The van der Waals surface area contributed by atoms with Crippen molar-refractivity contribution in [3.8, 4) is 0 Å². The molecule has 1 spiro atoms. The maximum absolute atomic E-state index is 13.7. The molecule has 0 aromatic heterocycles. The van der Waals surface area contributed by atoms with Gasteiger partial charge in [-0.05, 0) is 69.1 Å². The van der Waals surface area contributed by atoms with Crippen molar-refractivity contribution in [2.24, 2.45) is 5.92 Å². The highest BCUT2D eigenvalue weighted by atomic mass is 16.7. The summed E-state index contributed by atoms with van der Waals surface area (Å²) in [6.07, 6.45) is 2.96. The third-order valence-electron chi connectivity index (χ3n) is 6.98. The van der Waals surface area contributed by atoms with Crippen LogP contribution in [-0.4, -0.2) is 66.7 Å². The van der Waals surface area contributed by atoms with E-state index in [1.165, 1.54) is 5.06 Å². The number of amides is 1. The Hall–Kier alpha value is -1.93. The molecule has 2 saturated heterocycles. The van der Waals surface area contributed by atoms with E-state index in [2.05, 4.69) is 12.1 Å². The van der Waals surface area contributed by atoms with Crippen molar-refractivity contribution in [1.82, 2.24) is 10.1 Å². The molecule has 2 fully saturated rings. The summed E-state index contributed by atoms with van der Waals surface area (Å²) in [5.74, 6) is 0.243. The topological polar surface area (TPSA) is 71.5 Å². The molecule has 0 unspecified atom stereocenters. The van der Waals surface area contributed by atoms with E-state index in [1.54, 1.807) is 7.11 Å². The number of rotatable bonds is 5. The van der Waals surface area contributed by atoms with Gasteiger partial charge in [-0.15, -0.1) is 0 Å². The van der Waals surface area contributed by atoms with Gasteiger partial charge in [0.2, 0.25) is 0 Å². The van der Waals surface area contributed by atoms with Crippen molar-refractivity contribution in [2.75, 3.05) is 40.0 Å². The van der Waals surface area contributed by atoms with Gasteiger partial charge in [-0.3, -0.25) is 9.63 Å². The number of hydroxylamine groups is 4. The fourth-order valence-electron chi connectivity index (χ4n) is 5.28. The summed E-state index contributed by atoms with van der Waals surface area (Å²) < 4.78 is 5.45. The minimum absolute atomic E-state index is 0.135. The van der Waals surface area contributed by atoms with E-state index in [-0.39, 0.29) is 11.7 Å². The van der Waals surface area contributed by atoms with Gasteiger partial charge in [-0.1, -0.05) is 17.7 Å². The number of carbonyl (C=O) groups is 1. The molecule has 7 heteroatoms. The van der Waals surface area contributed by atoms with Gasteiger partial charge in [0.15, 0.2) is 0 Å². The van der Waals surface area contributed by atoms with Crippen LogP contribution in [0.2, 0.25) is 0 Å². The fraction of sp³-hybridized carbons (Fsp3) is 0.625. The summed E-state index contributed by atoms with van der Waals surface area (Å²) >= 11 is 0. The normalized spacial score (nSPS) is 22.7. The third kappa shape index (κ3) is 4.00. The Kier molecular flexibility index (Phi) is 6.40. The molecule has 0 aliphatic carbocycles. The highest BCUT2D eigenvalue weighted by Crippen LogP contribution is 2.46. The molecule has 1 aromatic rings. The maximum atomic E-state index is 13.7. The van der Waals surface area contributed by atoms with E-state index >= 15 is 0 Å². The van der Waals surface area contributed by atoms with Crippen molar-refractivity contribution < 1.29 is 24.3 Å². The van der Waals surface area contributed by atoms with Crippen LogP contribution < -0.4 is 0 Å². The van der Waals surface area contributed by atoms with Crippen LogP contribution in [0.15, 0.2) is 17.9 Å². The lowest BCUT2D eigenvalue weighted by Gasteiger charge is -2.43. The molecule has 170 valence electrons. The van der Waals surface area contributed by atoms with Crippen molar-refractivity contribution in [2.45, 2.75) is 52.0 Å². The van der Waals surface area contributed by atoms with Crippen LogP contribution in [0.3, 0.4) is 0 Å². The predicted octanol–water partition coefficient (Wildman–Crippen LogP) is 3.48. The van der Waals surface area contributed by atoms with E-state index in [1.807, 2.05) is 25.8 Å². The van der Waals surface area contributed by atoms with Crippen molar-refractivity contribution in [1.29, 1.82) is 0 Å². The zero-order valence-corrected chi connectivity index (χ0v) is 19.1. The lowest BCUT2D eigenvalue weighted by Crippen LogP contribution is -2.55. The van der Waals surface area contributed by atoms with Crippen molar-refractivity contribution in [3.63, 3.8) is 0 Å². The van der Waals surface area contributed by atoms with Crippen LogP contribution in [0, 0.1) is 26.7 Å². The first-order valence-electron chi connectivity index (χ1n) is 11.2. The van der Waals surface area contributed by atoms with Gasteiger partial charge < -0.3 is 14.7 Å². The average molecular weight is 431 g/mol. The molecule has 1 amide bonds. The smallest absolute Gasteiger partial charge is 0.282 e. The quantitative estimate of drug-likeness (QED) is 0.771. The molecule has 1 N–H and O–H groups in total. The Morgan fingerprint density at radius 3 is 2.32 bits per heavy atom. The highest BCUT2D eigenvalue weighted by molar-refractivity contribution is 6.23. The molecule has 0 radical (unpaired) electrons. The minimum Gasteiger partial charge on any atom is -0.509 e. The third-order valence-corrected chi connectivity index (χ3v) is 6.98. The van der Waals surface area contributed by atoms with Crippen LogP contribution in [0.1, 0.15) is 47.9 Å². The van der Waals surface area contributed by atoms with E-state index in [0.29, 0.717) is 44.0 Å². The molecular weight excluding hydrogens is 396 g/mol. The number of nitrogens with zero attached hydrogens (tertiary/aromatic N) is 2. The van der Waals surface area contributed by atoms with Gasteiger partial charge in [0.25, 0.3) is 5.91 Å². The van der Waals surface area contributed by atoms with Crippen LogP contribution in [-0.2, 0) is 19.2 Å². The summed E-state index contributed by atoms with van der Waals surface area (Å²) in [7, 11) is 1.65. The largest absolute Gasteiger partial charge is 0.509 e. The van der Waals surface area contributed by atoms with Gasteiger partial charge >= 0.3 is 0 Å². The average Bonchev–Trinajstić information content (AvgIpc) is 2.94. The van der Waals surface area contributed by atoms with Gasteiger partial charge in [0, 0.05) is 26.3 Å². The number of piperidine rings is 1. The number of ether oxygens (including phenoxy) is 1. The van der Waals surface area contributed by atoms with Crippen LogP contribution in [0.5, 0.6) is 0 Å². The summed E-state index contributed by atoms with van der Waals surface area (Å²) in [6.45, 7) is 9.17. The summed E-state index contributed by atoms with van der Waals surface area (Å²) in [5, 5.41) is 14.9. The Morgan fingerprint density at radius 1 is 1.13 bits per heavy atom. The molecule has 0 atom stereocenters. The molecule has 3 aliphatic rings. The second-order valence-corrected chi connectivity index (χ2v) is 9.09. The first-order valence-corrected chi connectivity index (χ1v) is 11.2. The van der Waals surface area contributed by atoms with Crippen LogP contribution in [0.25, 0.3) is 5.57 Å². The second-order valence-electron chi connectivity index (χ2n) is 9.09. The summed E-state index contributed by atoms with van der Waals surface area (Å²) in [6, 6.07) is 4.11. The number of hydrogen-bond donors (Lipinski definition) is 1. The van der Waals surface area contributed by atoms with Gasteiger partial charge in [-0.2, -0.15) is 5.06 Å². The zero-order valence-electron chi connectivity index (χ0n) is 19.1. The Morgan fingerprint density at radius 2 is 1.74 bits per heavy atom. The fourth-order valence-corrected chi connectivity index (χ4v) is 5.28. The van der Waals surface area contributed by atoms with E-state index in [9.17, 15) is 9.90 Å². The Balaban J connectivity index is 1.69. The maximum Gasteiger partial charge on any atom is 0.282 e. The number of benzene rings is 1. The molecule has 0 bridgehead atoms. The molecule has 3 aliphatic heterocycles. The number of carbonyl (C=O) groups excluding carboxylic acids is 1. The molecule has 31 heavy (non-hydrogen) atoms. The molecular formula is C24H34N2O5. The van der Waals surface area contributed by atoms with Crippen molar-refractivity contribution >= 4 is 11.5 Å². The molecule has 7 nitrogen and oxygen atoms in total. The van der Waals surface area contributed by atoms with Gasteiger partial charge in [0.05, 0.1) is 19.3 Å². The van der Waals surface area contributed by atoms with E-state index < -0.39 is 5.54 Å². The van der Waals surface area contributed by atoms with Crippen LogP contribution in [0.4, 0.5) is 0 Å². The molecule has 4 rings (SSSR count). The first-order chi connectivity index (χ1) is 14.9. The van der Waals surface area contributed by atoms with E-state index in [0.717, 1.165) is 48.3 Å². The Bertz CT molecular complexity index is 844. The molecule has 1 aromatic carbocycles. The standard InChI is InChI=1S/C24H34N2O5/c1-16-13-17(2)20(18(3)14-16)21-22(27)24(7-9-25(29-4)10-8-24)26(23(21)28)31-15-19-5-11-30-12-6-19/h13-14,19,27H,5-12,15H2,1-4H3.